The second kappa shape index (κ2) is 5.35. The molecule has 98 valence electrons. The van der Waals surface area contributed by atoms with Crippen molar-refractivity contribution >= 4 is 11.5 Å². The summed E-state index contributed by atoms with van der Waals surface area (Å²) < 4.78 is 0. The quantitative estimate of drug-likeness (QED) is 0.615. The van der Waals surface area contributed by atoms with Gasteiger partial charge in [-0.1, -0.05) is 0 Å². The Bertz CT molecular complexity index is 421. The molecule has 0 spiro atoms. The van der Waals surface area contributed by atoms with Crippen LogP contribution in [0.1, 0.15) is 18.5 Å². The molecule has 0 unspecified atom stereocenters. The fraction of sp³-hybridized carbons (Fsp3) is 0.538. The molecule has 0 aliphatic carbocycles. The Morgan fingerprint density at radius 1 is 1.44 bits per heavy atom. The number of aromatic nitrogens is 1. The molecule has 1 aromatic heterocycles. The normalized spacial score (nSPS) is 17.2. The van der Waals surface area contributed by atoms with Crippen molar-refractivity contribution in [2.75, 3.05) is 32.1 Å². The molecule has 0 radical (unpaired) electrons. The van der Waals surface area contributed by atoms with E-state index in [2.05, 4.69) is 28.9 Å². The smallest absolute Gasteiger partial charge is 0.143 e. The maximum atomic E-state index is 7.58. The molecule has 0 saturated carbocycles. The summed E-state index contributed by atoms with van der Waals surface area (Å²) in [7, 11) is 4.26. The number of hydrogen-bond acceptors (Lipinski definition) is 4. The molecule has 1 aromatic rings. The molecule has 5 heteroatoms. The van der Waals surface area contributed by atoms with E-state index in [1.165, 1.54) is 0 Å². The van der Waals surface area contributed by atoms with E-state index in [0.717, 1.165) is 31.6 Å². The number of hydrogen-bond donors (Lipinski definition) is 2. The Balaban J connectivity index is 2.12. The third-order valence-electron chi connectivity index (χ3n) is 3.58. The summed E-state index contributed by atoms with van der Waals surface area (Å²) >= 11 is 0. The van der Waals surface area contributed by atoms with E-state index in [4.69, 9.17) is 11.1 Å². The first-order valence-corrected chi connectivity index (χ1v) is 6.30. The van der Waals surface area contributed by atoms with Crippen molar-refractivity contribution in [2.45, 2.75) is 18.9 Å². The van der Waals surface area contributed by atoms with Gasteiger partial charge >= 0.3 is 0 Å². The Labute approximate surface area is 108 Å². The van der Waals surface area contributed by atoms with Crippen molar-refractivity contribution in [2.24, 2.45) is 5.73 Å². The first kappa shape index (κ1) is 12.8. The number of pyridine rings is 1. The molecule has 5 nitrogen and oxygen atoms in total. The molecule has 2 heterocycles. The standard InChI is InChI=1S/C13H21N5/c1-17(2)10-5-8-18(9-6-10)11-4-3-7-16-12(11)13(14)15/h3-4,7,10H,5-6,8-9H2,1-2H3,(H3,14,15). The Morgan fingerprint density at radius 3 is 2.67 bits per heavy atom. The second-order valence-electron chi connectivity index (χ2n) is 4.97. The first-order chi connectivity index (χ1) is 8.59. The van der Waals surface area contributed by atoms with Gasteiger partial charge in [0.1, 0.15) is 11.5 Å². The van der Waals surface area contributed by atoms with Crippen LogP contribution in [-0.2, 0) is 0 Å². The van der Waals surface area contributed by atoms with E-state index in [9.17, 15) is 0 Å². The third kappa shape index (κ3) is 2.61. The summed E-state index contributed by atoms with van der Waals surface area (Å²) in [5.74, 6) is 0.0420. The van der Waals surface area contributed by atoms with Crippen molar-refractivity contribution in [1.29, 1.82) is 5.41 Å². The molecule has 1 aliphatic rings. The van der Waals surface area contributed by atoms with Crippen LogP contribution in [0.4, 0.5) is 5.69 Å². The van der Waals surface area contributed by atoms with E-state index < -0.39 is 0 Å². The largest absolute Gasteiger partial charge is 0.382 e. The van der Waals surface area contributed by atoms with Gasteiger partial charge in [0, 0.05) is 25.3 Å². The van der Waals surface area contributed by atoms with Gasteiger partial charge in [-0.2, -0.15) is 0 Å². The predicted octanol–water partition coefficient (Wildman–Crippen LogP) is 0.896. The maximum absolute atomic E-state index is 7.58. The molecule has 0 bridgehead atoms. The number of anilines is 1. The summed E-state index contributed by atoms with van der Waals surface area (Å²) in [6.45, 7) is 1.99. The predicted molar refractivity (Wildman–Crippen MR) is 74.2 cm³/mol. The highest BCUT2D eigenvalue weighted by atomic mass is 15.2. The van der Waals surface area contributed by atoms with Crippen LogP contribution in [0, 0.1) is 5.41 Å². The van der Waals surface area contributed by atoms with Crippen LogP contribution in [-0.4, -0.2) is 48.9 Å². The molecule has 1 aliphatic heterocycles. The average Bonchev–Trinajstić information content (AvgIpc) is 2.39. The highest BCUT2D eigenvalue weighted by Gasteiger charge is 2.22. The van der Waals surface area contributed by atoms with Crippen LogP contribution in [0.2, 0.25) is 0 Å². The van der Waals surface area contributed by atoms with Crippen molar-refractivity contribution in [3.05, 3.63) is 24.0 Å². The van der Waals surface area contributed by atoms with Crippen molar-refractivity contribution in [3.63, 3.8) is 0 Å². The molecule has 0 atom stereocenters. The van der Waals surface area contributed by atoms with Crippen LogP contribution in [0.5, 0.6) is 0 Å². The van der Waals surface area contributed by atoms with Crippen LogP contribution in [0.25, 0.3) is 0 Å². The lowest BCUT2D eigenvalue weighted by Gasteiger charge is -2.36. The molecule has 2 rings (SSSR count). The van der Waals surface area contributed by atoms with Gasteiger partial charge in [-0.3, -0.25) is 10.4 Å². The van der Waals surface area contributed by atoms with Gasteiger partial charge in [0.15, 0.2) is 0 Å². The van der Waals surface area contributed by atoms with Gasteiger partial charge in [-0.25, -0.2) is 0 Å². The van der Waals surface area contributed by atoms with Gasteiger partial charge in [-0.05, 0) is 39.1 Å². The lowest BCUT2D eigenvalue weighted by Crippen LogP contribution is -2.42. The van der Waals surface area contributed by atoms with E-state index in [1.54, 1.807) is 6.20 Å². The Kier molecular flexibility index (Phi) is 3.81. The molecule has 18 heavy (non-hydrogen) atoms. The van der Waals surface area contributed by atoms with E-state index in [0.29, 0.717) is 11.7 Å². The number of piperidine rings is 1. The lowest BCUT2D eigenvalue weighted by molar-refractivity contribution is 0.249. The van der Waals surface area contributed by atoms with Gasteiger partial charge < -0.3 is 15.5 Å². The molecule has 1 saturated heterocycles. The minimum absolute atomic E-state index is 0.0420. The minimum Gasteiger partial charge on any atom is -0.382 e. The summed E-state index contributed by atoms with van der Waals surface area (Å²) in [5.41, 5.74) is 7.17. The number of nitrogens with one attached hydrogen (secondary N) is 1. The minimum atomic E-state index is 0.0420. The number of nitrogen functional groups attached to an aromatic ring is 1. The number of amidine groups is 1. The molecule has 3 N–H and O–H groups in total. The Morgan fingerprint density at radius 2 is 2.11 bits per heavy atom. The highest BCUT2D eigenvalue weighted by molar-refractivity contribution is 5.98. The van der Waals surface area contributed by atoms with Crippen molar-refractivity contribution in [1.82, 2.24) is 9.88 Å². The molecular weight excluding hydrogens is 226 g/mol. The third-order valence-corrected chi connectivity index (χ3v) is 3.58. The fourth-order valence-corrected chi connectivity index (χ4v) is 2.48. The van der Waals surface area contributed by atoms with Crippen LogP contribution in [0.15, 0.2) is 18.3 Å². The van der Waals surface area contributed by atoms with Crippen LogP contribution >= 0.6 is 0 Å². The van der Waals surface area contributed by atoms with Crippen molar-refractivity contribution < 1.29 is 0 Å². The highest BCUT2D eigenvalue weighted by Crippen LogP contribution is 2.23. The van der Waals surface area contributed by atoms with Gasteiger partial charge in [0.2, 0.25) is 0 Å². The molecule has 1 fully saturated rings. The summed E-state index contributed by atoms with van der Waals surface area (Å²) in [6, 6.07) is 4.55. The maximum Gasteiger partial charge on any atom is 0.143 e. The molecule has 0 amide bonds. The van der Waals surface area contributed by atoms with Crippen molar-refractivity contribution in [3.8, 4) is 0 Å². The zero-order valence-corrected chi connectivity index (χ0v) is 11.1. The van der Waals surface area contributed by atoms with Gasteiger partial charge in [-0.15, -0.1) is 0 Å². The first-order valence-electron chi connectivity index (χ1n) is 6.30. The SMILES string of the molecule is CN(C)C1CCN(c2cccnc2C(=N)N)CC1. The number of nitrogens with two attached hydrogens (primary N) is 1. The molecular formula is C13H21N5. The number of nitrogens with zero attached hydrogens (tertiary/aromatic N) is 3. The fourth-order valence-electron chi connectivity index (χ4n) is 2.48. The summed E-state index contributed by atoms with van der Waals surface area (Å²) in [6.07, 6.45) is 3.96. The monoisotopic (exact) mass is 247 g/mol. The van der Waals surface area contributed by atoms with Gasteiger partial charge in [0.05, 0.1) is 5.69 Å². The zero-order chi connectivity index (χ0) is 13.1. The number of rotatable bonds is 3. The van der Waals surface area contributed by atoms with E-state index in [-0.39, 0.29) is 5.84 Å². The summed E-state index contributed by atoms with van der Waals surface area (Å²) in [5, 5.41) is 7.58. The lowest BCUT2D eigenvalue weighted by atomic mass is 10.0. The summed E-state index contributed by atoms with van der Waals surface area (Å²) in [4.78, 5) is 8.77. The topological polar surface area (TPSA) is 69.2 Å². The van der Waals surface area contributed by atoms with Gasteiger partial charge in [0.25, 0.3) is 0 Å². The Hall–Kier alpha value is -1.62. The van der Waals surface area contributed by atoms with E-state index in [1.807, 2.05) is 12.1 Å². The van der Waals surface area contributed by atoms with Crippen LogP contribution in [0.3, 0.4) is 0 Å². The second-order valence-corrected chi connectivity index (χ2v) is 4.97. The molecule has 0 aromatic carbocycles. The van der Waals surface area contributed by atoms with E-state index >= 15 is 0 Å². The average molecular weight is 247 g/mol. The van der Waals surface area contributed by atoms with Crippen LogP contribution < -0.4 is 10.6 Å². The zero-order valence-electron chi connectivity index (χ0n) is 11.1.